The fourth-order valence-corrected chi connectivity index (χ4v) is 2.94. The van der Waals surface area contributed by atoms with Crippen LogP contribution in [0.4, 0.5) is 0 Å². The zero-order valence-electron chi connectivity index (χ0n) is 14.1. The second kappa shape index (κ2) is 8.82. The van der Waals surface area contributed by atoms with Crippen molar-refractivity contribution < 1.29 is 14.3 Å². The Labute approximate surface area is 138 Å². The van der Waals surface area contributed by atoms with Gasteiger partial charge in [-0.15, -0.1) is 0 Å². The highest BCUT2D eigenvalue weighted by atomic mass is 16.5. The van der Waals surface area contributed by atoms with Crippen molar-refractivity contribution in [2.45, 2.75) is 64.6 Å². The van der Waals surface area contributed by atoms with Crippen molar-refractivity contribution in [3.63, 3.8) is 0 Å². The molecule has 1 aromatic carbocycles. The normalized spacial score (nSPS) is 16.5. The van der Waals surface area contributed by atoms with Gasteiger partial charge in [0.15, 0.2) is 0 Å². The first-order valence-electron chi connectivity index (χ1n) is 8.56. The highest BCUT2D eigenvalue weighted by molar-refractivity contribution is 5.76. The fourth-order valence-electron chi connectivity index (χ4n) is 2.94. The third-order valence-electron chi connectivity index (χ3n) is 4.25. The molecule has 1 aliphatic carbocycles. The molecular weight excluding hydrogens is 290 g/mol. The third kappa shape index (κ3) is 5.79. The van der Waals surface area contributed by atoms with Crippen LogP contribution in [0.15, 0.2) is 24.3 Å². The molecule has 0 aromatic heterocycles. The van der Waals surface area contributed by atoms with Crippen LogP contribution in [0.25, 0.3) is 0 Å². The summed E-state index contributed by atoms with van der Waals surface area (Å²) in [6.45, 7) is 4.81. The Morgan fingerprint density at radius 1 is 1.26 bits per heavy atom. The largest absolute Gasteiger partial charge is 0.461 e. The molecule has 0 bridgehead atoms. The van der Waals surface area contributed by atoms with Gasteiger partial charge in [0.1, 0.15) is 18.4 Å². The van der Waals surface area contributed by atoms with E-state index >= 15 is 0 Å². The van der Waals surface area contributed by atoms with Crippen LogP contribution >= 0.6 is 0 Å². The minimum Gasteiger partial charge on any atom is -0.461 e. The van der Waals surface area contributed by atoms with Gasteiger partial charge >= 0.3 is 5.97 Å². The number of carbonyl (C=O) groups excluding carboxylic acids is 2. The van der Waals surface area contributed by atoms with Crippen LogP contribution in [-0.2, 0) is 16.1 Å². The first kappa shape index (κ1) is 17.7. The predicted octanol–water partition coefficient (Wildman–Crippen LogP) is 3.49. The van der Waals surface area contributed by atoms with Gasteiger partial charge in [0.05, 0.1) is 0 Å². The van der Waals surface area contributed by atoms with Crippen molar-refractivity contribution in [1.82, 2.24) is 5.32 Å². The number of nitrogens with one attached hydrogen (secondary N) is 1. The lowest BCUT2D eigenvalue weighted by atomic mass is 10.0. The second-order valence-electron chi connectivity index (χ2n) is 6.77. The zero-order chi connectivity index (χ0) is 16.7. The Hall–Kier alpha value is -1.68. The summed E-state index contributed by atoms with van der Waals surface area (Å²) in [7, 11) is 0. The molecule has 126 valence electrons. The van der Waals surface area contributed by atoms with Crippen LogP contribution in [0.3, 0.4) is 0 Å². The quantitative estimate of drug-likeness (QED) is 0.589. The van der Waals surface area contributed by atoms with E-state index in [0.717, 1.165) is 44.0 Å². The molecule has 4 heteroatoms. The summed E-state index contributed by atoms with van der Waals surface area (Å²) >= 11 is 0. The lowest BCUT2D eigenvalue weighted by Gasteiger charge is -2.21. The Morgan fingerprint density at radius 2 is 1.91 bits per heavy atom. The number of benzene rings is 1. The lowest BCUT2D eigenvalue weighted by molar-refractivity contribution is -0.151. The van der Waals surface area contributed by atoms with Crippen molar-refractivity contribution in [3.05, 3.63) is 35.4 Å². The van der Waals surface area contributed by atoms with E-state index in [1.165, 1.54) is 0 Å². The summed E-state index contributed by atoms with van der Waals surface area (Å²) in [4.78, 5) is 23.1. The van der Waals surface area contributed by atoms with Gasteiger partial charge in [0.25, 0.3) is 0 Å². The van der Waals surface area contributed by atoms with Crippen LogP contribution in [0.1, 0.15) is 61.9 Å². The number of esters is 1. The molecule has 0 amide bonds. The van der Waals surface area contributed by atoms with Gasteiger partial charge in [-0.25, -0.2) is 0 Å². The molecule has 1 atom stereocenters. The van der Waals surface area contributed by atoms with Gasteiger partial charge in [-0.3, -0.25) is 9.59 Å². The Kier molecular flexibility index (Phi) is 6.78. The maximum Gasteiger partial charge on any atom is 0.323 e. The van der Waals surface area contributed by atoms with E-state index in [0.29, 0.717) is 18.0 Å². The average molecular weight is 317 g/mol. The second-order valence-corrected chi connectivity index (χ2v) is 6.77. The number of aldehydes is 1. The van der Waals surface area contributed by atoms with E-state index in [1.807, 2.05) is 12.1 Å². The molecule has 2 rings (SSSR count). The van der Waals surface area contributed by atoms with E-state index in [1.54, 1.807) is 12.1 Å². The number of ether oxygens (including phenoxy) is 1. The number of rotatable bonds is 8. The zero-order valence-corrected chi connectivity index (χ0v) is 14.1. The Bertz CT molecular complexity index is 504. The fraction of sp³-hybridized carbons (Fsp3) is 0.579. The average Bonchev–Trinajstić information content (AvgIpc) is 3.04. The first-order valence-corrected chi connectivity index (χ1v) is 8.56. The SMILES string of the molecule is CC(C)CC(NCc1ccc(C=O)cc1)C(=O)OC1CCCC1. The van der Waals surface area contributed by atoms with Crippen molar-refractivity contribution in [2.24, 2.45) is 5.92 Å². The summed E-state index contributed by atoms with van der Waals surface area (Å²) in [5, 5.41) is 3.32. The molecule has 1 aromatic rings. The third-order valence-corrected chi connectivity index (χ3v) is 4.25. The molecule has 1 aliphatic rings. The molecule has 0 radical (unpaired) electrons. The van der Waals surface area contributed by atoms with E-state index < -0.39 is 0 Å². The van der Waals surface area contributed by atoms with E-state index in [2.05, 4.69) is 19.2 Å². The molecule has 4 nitrogen and oxygen atoms in total. The van der Waals surface area contributed by atoms with E-state index in [4.69, 9.17) is 4.74 Å². The monoisotopic (exact) mass is 317 g/mol. The first-order chi connectivity index (χ1) is 11.1. The molecule has 0 spiro atoms. The van der Waals surface area contributed by atoms with Crippen LogP contribution in [0, 0.1) is 5.92 Å². The number of carbonyl (C=O) groups is 2. The summed E-state index contributed by atoms with van der Waals surface area (Å²) in [6, 6.07) is 7.12. The standard InChI is InChI=1S/C19H27NO3/c1-14(2)11-18(19(22)23-17-5-3-4-6-17)20-12-15-7-9-16(13-21)10-8-15/h7-10,13-14,17-18,20H,3-6,11-12H2,1-2H3. The van der Waals surface area contributed by atoms with Crippen LogP contribution in [0.2, 0.25) is 0 Å². The van der Waals surface area contributed by atoms with Crippen LogP contribution < -0.4 is 5.32 Å². The van der Waals surface area contributed by atoms with Gasteiger partial charge in [0, 0.05) is 12.1 Å². The van der Waals surface area contributed by atoms with Gasteiger partial charge in [-0.2, -0.15) is 0 Å². The minimum absolute atomic E-state index is 0.103. The summed E-state index contributed by atoms with van der Waals surface area (Å²) in [5.41, 5.74) is 1.71. The van der Waals surface area contributed by atoms with Crippen LogP contribution in [0.5, 0.6) is 0 Å². The highest BCUT2D eigenvalue weighted by Crippen LogP contribution is 2.22. The highest BCUT2D eigenvalue weighted by Gasteiger charge is 2.25. The van der Waals surface area contributed by atoms with Gasteiger partial charge < -0.3 is 10.1 Å². The van der Waals surface area contributed by atoms with Crippen molar-refractivity contribution >= 4 is 12.3 Å². The molecule has 0 saturated heterocycles. The predicted molar refractivity (Wildman–Crippen MR) is 90.3 cm³/mol. The topological polar surface area (TPSA) is 55.4 Å². The molecule has 0 heterocycles. The summed E-state index contributed by atoms with van der Waals surface area (Å²) in [6.07, 6.45) is 5.99. The van der Waals surface area contributed by atoms with E-state index in [-0.39, 0.29) is 18.1 Å². The van der Waals surface area contributed by atoms with Crippen LogP contribution in [-0.4, -0.2) is 24.4 Å². The maximum absolute atomic E-state index is 12.4. The maximum atomic E-state index is 12.4. The Balaban J connectivity index is 1.90. The van der Waals surface area contributed by atoms with Gasteiger partial charge in [-0.1, -0.05) is 38.1 Å². The molecule has 1 fully saturated rings. The van der Waals surface area contributed by atoms with Crippen molar-refractivity contribution in [3.8, 4) is 0 Å². The molecular formula is C19H27NO3. The van der Waals surface area contributed by atoms with Gasteiger partial charge in [-0.05, 0) is 43.6 Å². The molecule has 1 saturated carbocycles. The molecule has 0 aliphatic heterocycles. The van der Waals surface area contributed by atoms with Crippen molar-refractivity contribution in [1.29, 1.82) is 0 Å². The number of hydrogen-bond acceptors (Lipinski definition) is 4. The lowest BCUT2D eigenvalue weighted by Crippen LogP contribution is -2.40. The van der Waals surface area contributed by atoms with Gasteiger partial charge in [0.2, 0.25) is 0 Å². The molecule has 1 N–H and O–H groups in total. The molecule has 23 heavy (non-hydrogen) atoms. The minimum atomic E-state index is -0.277. The number of hydrogen-bond donors (Lipinski definition) is 1. The van der Waals surface area contributed by atoms with Crippen molar-refractivity contribution in [2.75, 3.05) is 0 Å². The summed E-state index contributed by atoms with van der Waals surface area (Å²) < 4.78 is 5.65. The molecule has 1 unspecified atom stereocenters. The summed E-state index contributed by atoms with van der Waals surface area (Å²) in [5.74, 6) is 0.288. The van der Waals surface area contributed by atoms with E-state index in [9.17, 15) is 9.59 Å². The Morgan fingerprint density at radius 3 is 2.48 bits per heavy atom. The smallest absolute Gasteiger partial charge is 0.323 e.